The van der Waals surface area contributed by atoms with Crippen LogP contribution in [-0.2, 0) is 0 Å². The topological polar surface area (TPSA) is 15.3 Å². The quantitative estimate of drug-likeness (QED) is 0.816. The van der Waals surface area contributed by atoms with Gasteiger partial charge in [-0.15, -0.1) is 36.2 Å². The second kappa shape index (κ2) is 9.74. The third-order valence-corrected chi connectivity index (χ3v) is 5.28. The van der Waals surface area contributed by atoms with E-state index in [0.29, 0.717) is 6.04 Å². The first-order valence-electron chi connectivity index (χ1n) is 7.81. The molecular formula is C17H26Cl2N2S. The van der Waals surface area contributed by atoms with Crippen LogP contribution in [0.3, 0.4) is 0 Å². The van der Waals surface area contributed by atoms with E-state index in [4.69, 9.17) is 0 Å². The fourth-order valence-electron chi connectivity index (χ4n) is 3.18. The van der Waals surface area contributed by atoms with Gasteiger partial charge < -0.3 is 5.32 Å². The van der Waals surface area contributed by atoms with E-state index in [1.54, 1.807) is 5.56 Å². The maximum absolute atomic E-state index is 3.47. The van der Waals surface area contributed by atoms with Gasteiger partial charge in [-0.25, -0.2) is 0 Å². The molecule has 1 fully saturated rings. The van der Waals surface area contributed by atoms with E-state index in [-0.39, 0.29) is 24.8 Å². The van der Waals surface area contributed by atoms with Gasteiger partial charge in [0.15, 0.2) is 0 Å². The van der Waals surface area contributed by atoms with E-state index < -0.39 is 0 Å². The zero-order chi connectivity index (χ0) is 13.8. The average Bonchev–Trinajstić information content (AvgIpc) is 2.93. The molecule has 1 N–H and O–H groups in total. The molecule has 0 aliphatic carbocycles. The minimum absolute atomic E-state index is 0. The maximum Gasteiger partial charge on any atom is 0.0363 e. The third kappa shape index (κ3) is 4.36. The molecule has 124 valence electrons. The Morgan fingerprint density at radius 1 is 1.18 bits per heavy atom. The number of nitrogens with one attached hydrogen (secondary N) is 1. The van der Waals surface area contributed by atoms with Crippen molar-refractivity contribution in [2.75, 3.05) is 26.2 Å². The number of thiophene rings is 1. The van der Waals surface area contributed by atoms with Crippen LogP contribution in [0.5, 0.6) is 0 Å². The van der Waals surface area contributed by atoms with E-state index in [0.717, 1.165) is 13.1 Å². The fraction of sp³-hybridized carbons (Fsp3) is 0.529. The van der Waals surface area contributed by atoms with Gasteiger partial charge in [-0.1, -0.05) is 38.0 Å². The molecular weight excluding hydrogens is 335 g/mol. The fourth-order valence-corrected chi connectivity index (χ4v) is 4.19. The highest BCUT2D eigenvalue weighted by atomic mass is 35.5. The van der Waals surface area contributed by atoms with Crippen LogP contribution in [0.15, 0.2) is 29.6 Å². The van der Waals surface area contributed by atoms with Crippen LogP contribution in [0.2, 0.25) is 0 Å². The minimum Gasteiger partial charge on any atom is -0.314 e. The molecule has 0 amide bonds. The van der Waals surface area contributed by atoms with E-state index in [1.807, 2.05) is 11.3 Å². The summed E-state index contributed by atoms with van der Waals surface area (Å²) in [7, 11) is 0. The van der Waals surface area contributed by atoms with Gasteiger partial charge in [-0.2, -0.15) is 0 Å². The van der Waals surface area contributed by atoms with Gasteiger partial charge in [-0.3, -0.25) is 4.90 Å². The molecule has 1 aromatic carbocycles. The number of rotatable bonds is 5. The number of hydrogen-bond acceptors (Lipinski definition) is 3. The molecule has 1 saturated heterocycles. The van der Waals surface area contributed by atoms with Crippen molar-refractivity contribution in [3.63, 3.8) is 0 Å². The smallest absolute Gasteiger partial charge is 0.0363 e. The summed E-state index contributed by atoms with van der Waals surface area (Å²) >= 11 is 1.90. The Morgan fingerprint density at radius 3 is 2.64 bits per heavy atom. The molecule has 0 radical (unpaired) electrons. The van der Waals surface area contributed by atoms with E-state index >= 15 is 0 Å². The molecule has 2 heterocycles. The average molecular weight is 361 g/mol. The van der Waals surface area contributed by atoms with Gasteiger partial charge >= 0.3 is 0 Å². The van der Waals surface area contributed by atoms with Gasteiger partial charge in [0.2, 0.25) is 0 Å². The number of unbranched alkanes of at least 4 members (excludes halogenated alkanes) is 1. The van der Waals surface area contributed by atoms with Crippen molar-refractivity contribution in [2.24, 2.45) is 0 Å². The van der Waals surface area contributed by atoms with Crippen molar-refractivity contribution in [1.82, 2.24) is 10.2 Å². The number of nitrogens with zero attached hydrogens (tertiary/aromatic N) is 1. The zero-order valence-corrected chi connectivity index (χ0v) is 15.5. The van der Waals surface area contributed by atoms with Gasteiger partial charge in [0.25, 0.3) is 0 Å². The number of halogens is 2. The Hall–Kier alpha value is -0.320. The summed E-state index contributed by atoms with van der Waals surface area (Å²) in [5.74, 6) is 0. The van der Waals surface area contributed by atoms with Crippen LogP contribution < -0.4 is 5.32 Å². The highest BCUT2D eigenvalue weighted by molar-refractivity contribution is 7.17. The second-order valence-corrected chi connectivity index (χ2v) is 6.54. The van der Waals surface area contributed by atoms with Crippen molar-refractivity contribution in [3.8, 4) is 0 Å². The molecule has 5 heteroatoms. The molecule has 22 heavy (non-hydrogen) atoms. The molecule has 0 unspecified atom stereocenters. The normalized spacial score (nSPS) is 16.8. The zero-order valence-electron chi connectivity index (χ0n) is 13.1. The van der Waals surface area contributed by atoms with Crippen LogP contribution in [0, 0.1) is 0 Å². The molecule has 2 nitrogen and oxygen atoms in total. The van der Waals surface area contributed by atoms with E-state index in [9.17, 15) is 0 Å². The lowest BCUT2D eigenvalue weighted by Crippen LogP contribution is -2.45. The molecule has 1 aromatic heterocycles. The van der Waals surface area contributed by atoms with Crippen molar-refractivity contribution in [3.05, 3.63) is 35.2 Å². The summed E-state index contributed by atoms with van der Waals surface area (Å²) < 4.78 is 1.43. The SMILES string of the molecule is CCCC[C@H](c1csc2ccccc12)N1CCNCC1.Cl.Cl. The van der Waals surface area contributed by atoms with Gasteiger partial charge in [0, 0.05) is 36.9 Å². The molecule has 1 aliphatic heterocycles. The van der Waals surface area contributed by atoms with Gasteiger partial charge in [-0.05, 0) is 28.8 Å². The van der Waals surface area contributed by atoms with Gasteiger partial charge in [0.1, 0.15) is 0 Å². The highest BCUT2D eigenvalue weighted by Crippen LogP contribution is 2.35. The Kier molecular flexibility index (Phi) is 8.73. The lowest BCUT2D eigenvalue weighted by Gasteiger charge is -2.35. The third-order valence-electron chi connectivity index (χ3n) is 4.29. The van der Waals surface area contributed by atoms with Crippen molar-refractivity contribution >= 4 is 46.2 Å². The minimum atomic E-state index is 0. The van der Waals surface area contributed by atoms with Crippen LogP contribution in [0.1, 0.15) is 37.8 Å². The number of fused-ring (bicyclic) bond motifs is 1. The summed E-state index contributed by atoms with van der Waals surface area (Å²) in [4.78, 5) is 2.68. The molecule has 0 spiro atoms. The van der Waals surface area contributed by atoms with Crippen molar-refractivity contribution in [2.45, 2.75) is 32.2 Å². The predicted octanol–water partition coefficient (Wildman–Crippen LogP) is 4.88. The van der Waals surface area contributed by atoms with E-state index in [2.05, 4.69) is 46.8 Å². The summed E-state index contributed by atoms with van der Waals surface area (Å²) in [5.41, 5.74) is 1.56. The van der Waals surface area contributed by atoms with Crippen molar-refractivity contribution in [1.29, 1.82) is 0 Å². The molecule has 2 aromatic rings. The van der Waals surface area contributed by atoms with Crippen LogP contribution in [0.4, 0.5) is 0 Å². The first-order chi connectivity index (χ1) is 9.90. The number of hydrogen-bond donors (Lipinski definition) is 1. The van der Waals surface area contributed by atoms with Crippen molar-refractivity contribution < 1.29 is 0 Å². The Morgan fingerprint density at radius 2 is 1.91 bits per heavy atom. The highest BCUT2D eigenvalue weighted by Gasteiger charge is 2.23. The first-order valence-corrected chi connectivity index (χ1v) is 8.69. The first kappa shape index (κ1) is 19.7. The standard InChI is InChI=1S/C17H24N2S.2ClH/c1-2-3-7-16(19-11-9-18-10-12-19)15-13-20-17-8-5-4-6-14(15)17;;/h4-6,8,13,16,18H,2-3,7,9-12H2,1H3;2*1H/t16-;;/m1../s1. The molecule has 0 saturated carbocycles. The monoisotopic (exact) mass is 360 g/mol. The summed E-state index contributed by atoms with van der Waals surface area (Å²) in [5, 5.41) is 7.33. The summed E-state index contributed by atoms with van der Waals surface area (Å²) in [6, 6.07) is 9.47. The van der Waals surface area contributed by atoms with Gasteiger partial charge in [0.05, 0.1) is 0 Å². The predicted molar refractivity (Wildman–Crippen MR) is 103 cm³/mol. The Bertz CT molecular complexity index is 552. The Labute approximate surface area is 150 Å². The second-order valence-electron chi connectivity index (χ2n) is 5.63. The number of piperazine rings is 1. The lowest BCUT2D eigenvalue weighted by atomic mass is 9.98. The summed E-state index contributed by atoms with van der Waals surface area (Å²) in [6.45, 7) is 6.91. The molecule has 1 aliphatic rings. The van der Waals surface area contributed by atoms with E-state index in [1.165, 1.54) is 42.4 Å². The van der Waals surface area contributed by atoms with Crippen LogP contribution >= 0.6 is 36.2 Å². The number of benzene rings is 1. The van der Waals surface area contributed by atoms with Crippen LogP contribution in [0.25, 0.3) is 10.1 Å². The Balaban J connectivity index is 0.00000121. The maximum atomic E-state index is 3.47. The van der Waals surface area contributed by atoms with Crippen LogP contribution in [-0.4, -0.2) is 31.1 Å². The lowest BCUT2D eigenvalue weighted by molar-refractivity contribution is 0.164. The molecule has 1 atom stereocenters. The summed E-state index contributed by atoms with van der Waals surface area (Å²) in [6.07, 6.45) is 3.89. The molecule has 3 rings (SSSR count). The molecule has 0 bridgehead atoms. The largest absolute Gasteiger partial charge is 0.314 e.